The van der Waals surface area contributed by atoms with E-state index in [1.54, 1.807) is 18.5 Å². The van der Waals surface area contributed by atoms with Crippen molar-refractivity contribution < 1.29 is 14.0 Å². The maximum atomic E-state index is 11.7. The van der Waals surface area contributed by atoms with Crippen LogP contribution in [0.15, 0.2) is 58.2 Å². The number of hydrogen-bond acceptors (Lipinski definition) is 5. The van der Waals surface area contributed by atoms with Crippen molar-refractivity contribution in [1.82, 2.24) is 15.3 Å². The van der Waals surface area contributed by atoms with E-state index in [4.69, 9.17) is 4.42 Å². The maximum absolute atomic E-state index is 11.7. The number of nitrogens with zero attached hydrogens (tertiary/aromatic N) is 1. The molecule has 7 heteroatoms. The molecule has 0 saturated carbocycles. The number of benzene rings is 1. The molecule has 0 bridgehead atoms. The number of fused-ring (bicyclic) bond motifs is 2. The molecule has 126 valence electrons. The van der Waals surface area contributed by atoms with Crippen molar-refractivity contribution in [2.45, 2.75) is 0 Å². The number of hydrogen-bond donors (Lipinski definition) is 2. The molecule has 3 aromatic heterocycles. The molecule has 1 aliphatic rings. The summed E-state index contributed by atoms with van der Waals surface area (Å²) in [7, 11) is 0. The third kappa shape index (κ3) is 2.41. The van der Waals surface area contributed by atoms with Gasteiger partial charge >= 0.3 is 0 Å². The summed E-state index contributed by atoms with van der Waals surface area (Å²) >= 11 is 0.864. The first-order valence-corrected chi connectivity index (χ1v) is 8.69. The fourth-order valence-corrected chi connectivity index (χ4v) is 3.69. The predicted octanol–water partition coefficient (Wildman–Crippen LogP) is 4.30. The molecule has 1 saturated heterocycles. The van der Waals surface area contributed by atoms with Crippen LogP contribution in [-0.2, 0) is 4.79 Å². The molecule has 0 unspecified atom stereocenters. The lowest BCUT2D eigenvalue weighted by Gasteiger charge is -2.02. The Hall–Kier alpha value is -3.32. The van der Waals surface area contributed by atoms with Crippen LogP contribution in [0.25, 0.3) is 39.1 Å². The topological polar surface area (TPSA) is 88.0 Å². The summed E-state index contributed by atoms with van der Waals surface area (Å²) in [4.78, 5) is 30.8. The standard InChI is InChI=1S/C19H11N3O3S/c23-18-16(26-19(24)22-18)7-13-6-12-8-20-9-14(17(12)25-13)10-1-2-15-11(5-10)3-4-21-15/h1-9,21H,(H,22,23,24)/b16-7+. The Morgan fingerprint density at radius 1 is 1.08 bits per heavy atom. The van der Waals surface area contributed by atoms with Crippen molar-refractivity contribution in [3.63, 3.8) is 0 Å². The van der Waals surface area contributed by atoms with Gasteiger partial charge in [0.1, 0.15) is 11.3 Å². The van der Waals surface area contributed by atoms with E-state index in [-0.39, 0.29) is 5.24 Å². The molecule has 0 aliphatic carbocycles. The van der Waals surface area contributed by atoms with E-state index < -0.39 is 5.91 Å². The van der Waals surface area contributed by atoms with Gasteiger partial charge < -0.3 is 9.40 Å². The first-order chi connectivity index (χ1) is 12.7. The van der Waals surface area contributed by atoms with Crippen LogP contribution in [0.2, 0.25) is 0 Å². The third-order valence-corrected chi connectivity index (χ3v) is 5.03. The van der Waals surface area contributed by atoms with Crippen LogP contribution in [0.4, 0.5) is 4.79 Å². The molecule has 0 atom stereocenters. The molecular formula is C19H11N3O3S. The smallest absolute Gasteiger partial charge is 0.290 e. The maximum Gasteiger partial charge on any atom is 0.290 e. The van der Waals surface area contributed by atoms with Crippen molar-refractivity contribution in [2.75, 3.05) is 0 Å². The molecule has 4 heterocycles. The number of furan rings is 1. The fourth-order valence-electron chi connectivity index (χ4n) is 3.03. The quantitative estimate of drug-likeness (QED) is 0.520. The number of imide groups is 1. The number of nitrogens with one attached hydrogen (secondary N) is 2. The molecule has 6 nitrogen and oxygen atoms in total. The highest BCUT2D eigenvalue weighted by molar-refractivity contribution is 8.18. The molecule has 1 aromatic carbocycles. The minimum Gasteiger partial charge on any atom is -0.456 e. The van der Waals surface area contributed by atoms with E-state index in [9.17, 15) is 9.59 Å². The van der Waals surface area contributed by atoms with Gasteiger partial charge in [-0.15, -0.1) is 0 Å². The molecule has 4 aromatic rings. The van der Waals surface area contributed by atoms with Crippen molar-refractivity contribution >= 4 is 50.9 Å². The SMILES string of the molecule is O=C1NC(=O)/C(=C\c2cc3cncc(-c4ccc5[nH]ccc5c4)c3o2)S1. The number of aromatic nitrogens is 2. The Morgan fingerprint density at radius 2 is 2.00 bits per heavy atom. The van der Waals surface area contributed by atoms with Crippen LogP contribution in [0.1, 0.15) is 5.76 Å². The van der Waals surface area contributed by atoms with Gasteiger partial charge in [0, 0.05) is 41.1 Å². The summed E-state index contributed by atoms with van der Waals surface area (Å²) in [5, 5.41) is 3.79. The van der Waals surface area contributed by atoms with Crippen LogP contribution in [0.3, 0.4) is 0 Å². The van der Waals surface area contributed by atoms with E-state index in [1.807, 2.05) is 30.5 Å². The summed E-state index contributed by atoms with van der Waals surface area (Å²) in [6, 6.07) is 9.92. The second-order valence-corrected chi connectivity index (χ2v) is 6.90. The lowest BCUT2D eigenvalue weighted by molar-refractivity contribution is -0.115. The molecular weight excluding hydrogens is 350 g/mol. The van der Waals surface area contributed by atoms with Gasteiger partial charge in [0.15, 0.2) is 0 Å². The average molecular weight is 361 g/mol. The fraction of sp³-hybridized carbons (Fsp3) is 0. The van der Waals surface area contributed by atoms with Gasteiger partial charge in [0.2, 0.25) is 0 Å². The molecule has 26 heavy (non-hydrogen) atoms. The van der Waals surface area contributed by atoms with Crippen molar-refractivity contribution in [1.29, 1.82) is 0 Å². The van der Waals surface area contributed by atoms with Crippen LogP contribution in [0, 0.1) is 0 Å². The number of aromatic amines is 1. The van der Waals surface area contributed by atoms with Crippen molar-refractivity contribution in [3.05, 3.63) is 59.6 Å². The van der Waals surface area contributed by atoms with Gasteiger partial charge in [-0.3, -0.25) is 19.9 Å². The number of rotatable bonds is 2. The summed E-state index contributed by atoms with van der Waals surface area (Å²) in [6.45, 7) is 0. The average Bonchev–Trinajstić information content (AvgIpc) is 3.32. The molecule has 2 amide bonds. The molecule has 1 fully saturated rings. The van der Waals surface area contributed by atoms with Gasteiger partial charge in [0.05, 0.1) is 4.91 Å². The highest BCUT2D eigenvalue weighted by Crippen LogP contribution is 2.33. The number of amides is 2. The zero-order valence-corrected chi connectivity index (χ0v) is 14.1. The number of carbonyl (C=O) groups is 2. The van der Waals surface area contributed by atoms with E-state index in [0.29, 0.717) is 16.2 Å². The van der Waals surface area contributed by atoms with Gasteiger partial charge in [0.25, 0.3) is 11.1 Å². The second kappa shape index (κ2) is 5.60. The monoisotopic (exact) mass is 361 g/mol. The van der Waals surface area contributed by atoms with Crippen LogP contribution < -0.4 is 5.32 Å². The van der Waals surface area contributed by atoms with Crippen molar-refractivity contribution in [2.24, 2.45) is 0 Å². The lowest BCUT2D eigenvalue weighted by Crippen LogP contribution is -2.17. The van der Waals surface area contributed by atoms with E-state index >= 15 is 0 Å². The Bertz CT molecular complexity index is 1240. The molecule has 5 rings (SSSR count). The largest absolute Gasteiger partial charge is 0.456 e. The minimum absolute atomic E-state index is 0.317. The molecule has 0 radical (unpaired) electrons. The molecule has 2 N–H and O–H groups in total. The van der Waals surface area contributed by atoms with E-state index in [2.05, 4.69) is 21.4 Å². The summed E-state index contributed by atoms with van der Waals surface area (Å²) in [5.74, 6) is 0.0982. The van der Waals surface area contributed by atoms with Crippen LogP contribution in [0.5, 0.6) is 0 Å². The molecule has 1 aliphatic heterocycles. The first-order valence-electron chi connectivity index (χ1n) is 7.87. The molecule has 0 spiro atoms. The first kappa shape index (κ1) is 15.0. The lowest BCUT2D eigenvalue weighted by atomic mass is 10.0. The summed E-state index contributed by atoms with van der Waals surface area (Å²) in [5.41, 5.74) is 3.62. The number of pyridine rings is 1. The van der Waals surface area contributed by atoms with Crippen LogP contribution >= 0.6 is 11.8 Å². The number of thioether (sulfide) groups is 1. The normalized spacial score (nSPS) is 16.1. The second-order valence-electron chi connectivity index (χ2n) is 5.89. The zero-order valence-electron chi connectivity index (χ0n) is 13.3. The van der Waals surface area contributed by atoms with Crippen molar-refractivity contribution in [3.8, 4) is 11.1 Å². The van der Waals surface area contributed by atoms with Gasteiger partial charge in [-0.1, -0.05) is 6.07 Å². The van der Waals surface area contributed by atoms with Crippen LogP contribution in [-0.4, -0.2) is 21.1 Å². The number of carbonyl (C=O) groups excluding carboxylic acids is 2. The van der Waals surface area contributed by atoms with Gasteiger partial charge in [-0.05, 0) is 47.0 Å². The van der Waals surface area contributed by atoms with Gasteiger partial charge in [-0.2, -0.15) is 0 Å². The summed E-state index contributed by atoms with van der Waals surface area (Å²) in [6.07, 6.45) is 6.95. The highest BCUT2D eigenvalue weighted by Gasteiger charge is 2.25. The Morgan fingerprint density at radius 3 is 2.85 bits per heavy atom. The van der Waals surface area contributed by atoms with Gasteiger partial charge in [-0.25, -0.2) is 0 Å². The predicted molar refractivity (Wildman–Crippen MR) is 100 cm³/mol. The highest BCUT2D eigenvalue weighted by atomic mass is 32.2. The van der Waals surface area contributed by atoms with E-state index in [0.717, 1.165) is 39.2 Å². The van der Waals surface area contributed by atoms with E-state index in [1.165, 1.54) is 0 Å². The Labute approximate surface area is 151 Å². The Balaban J connectivity index is 1.63. The summed E-state index contributed by atoms with van der Waals surface area (Å²) < 4.78 is 5.96. The number of H-pyrrole nitrogens is 1. The third-order valence-electron chi connectivity index (χ3n) is 4.22. The zero-order chi connectivity index (χ0) is 17.7. The minimum atomic E-state index is -0.406. The Kier molecular flexibility index (Phi) is 3.23.